The third-order valence-corrected chi connectivity index (χ3v) is 3.50. The van der Waals surface area contributed by atoms with Crippen LogP contribution in [0.5, 0.6) is 11.5 Å². The highest BCUT2D eigenvalue weighted by Crippen LogP contribution is 2.21. The molecule has 2 aromatic carbocycles. The van der Waals surface area contributed by atoms with Crippen LogP contribution in [-0.4, -0.2) is 19.1 Å². The summed E-state index contributed by atoms with van der Waals surface area (Å²) in [4.78, 5) is 11.9. The molecular formula is C20H25NO3. The minimum Gasteiger partial charge on any atom is -0.468 e. The summed E-state index contributed by atoms with van der Waals surface area (Å²) in [5.41, 5.74) is 0.762. The van der Waals surface area contributed by atoms with Gasteiger partial charge in [-0.3, -0.25) is 4.79 Å². The van der Waals surface area contributed by atoms with Gasteiger partial charge in [-0.2, -0.15) is 0 Å². The van der Waals surface area contributed by atoms with Gasteiger partial charge in [-0.05, 0) is 42.2 Å². The zero-order valence-electron chi connectivity index (χ0n) is 15.4. The number of rotatable bonds is 8. The lowest BCUT2D eigenvalue weighted by Crippen LogP contribution is -2.38. The SMILES string of the molecule is [2H]C(N[C@@H](CC(C)C)C(=O)OC)c1ccc(Oc2ccccc2)cc1. The van der Waals surface area contributed by atoms with Crippen LogP contribution in [0, 0.1) is 5.92 Å². The van der Waals surface area contributed by atoms with Crippen molar-refractivity contribution in [3.63, 3.8) is 0 Å². The van der Waals surface area contributed by atoms with Crippen LogP contribution in [0.25, 0.3) is 0 Å². The summed E-state index contributed by atoms with van der Waals surface area (Å²) in [7, 11) is 1.37. The van der Waals surface area contributed by atoms with Gasteiger partial charge >= 0.3 is 5.97 Å². The third-order valence-electron chi connectivity index (χ3n) is 3.50. The van der Waals surface area contributed by atoms with E-state index in [-0.39, 0.29) is 5.97 Å². The number of carbonyl (C=O) groups excluding carboxylic acids is 1. The van der Waals surface area contributed by atoms with Gasteiger partial charge < -0.3 is 14.8 Å². The lowest BCUT2D eigenvalue weighted by molar-refractivity contribution is -0.143. The summed E-state index contributed by atoms with van der Waals surface area (Å²) in [6.45, 7) is 3.35. The Balaban J connectivity index is 2.01. The van der Waals surface area contributed by atoms with Gasteiger partial charge in [-0.25, -0.2) is 0 Å². The zero-order valence-corrected chi connectivity index (χ0v) is 14.4. The average molecular weight is 328 g/mol. The molecule has 2 aromatic rings. The minimum atomic E-state index is -0.714. The molecule has 0 aliphatic carbocycles. The normalized spacial score (nSPS) is 13.9. The van der Waals surface area contributed by atoms with E-state index in [0.29, 0.717) is 18.1 Å². The van der Waals surface area contributed by atoms with Gasteiger partial charge in [0, 0.05) is 7.89 Å². The Morgan fingerprint density at radius 3 is 2.29 bits per heavy atom. The first-order valence-corrected chi connectivity index (χ1v) is 8.08. The van der Waals surface area contributed by atoms with E-state index in [9.17, 15) is 4.79 Å². The fourth-order valence-corrected chi connectivity index (χ4v) is 2.30. The van der Waals surface area contributed by atoms with Crippen LogP contribution in [0.4, 0.5) is 0 Å². The number of ether oxygens (including phenoxy) is 2. The van der Waals surface area contributed by atoms with Crippen molar-refractivity contribution in [1.29, 1.82) is 0 Å². The molecule has 0 bridgehead atoms. The largest absolute Gasteiger partial charge is 0.468 e. The Kier molecular flexibility index (Phi) is 6.26. The number of esters is 1. The predicted octanol–water partition coefficient (Wildman–Crippen LogP) is 4.16. The first-order valence-electron chi connectivity index (χ1n) is 8.66. The van der Waals surface area contributed by atoms with Gasteiger partial charge in [0.25, 0.3) is 0 Å². The molecule has 0 saturated carbocycles. The van der Waals surface area contributed by atoms with Crippen LogP contribution in [0.2, 0.25) is 0 Å². The highest BCUT2D eigenvalue weighted by Gasteiger charge is 2.19. The molecule has 0 aliphatic rings. The monoisotopic (exact) mass is 328 g/mol. The maximum Gasteiger partial charge on any atom is 0.322 e. The van der Waals surface area contributed by atoms with Crippen molar-refractivity contribution in [3.05, 3.63) is 60.2 Å². The molecule has 1 unspecified atom stereocenters. The molecule has 4 heteroatoms. The topological polar surface area (TPSA) is 47.6 Å². The number of nitrogens with one attached hydrogen (secondary N) is 1. The predicted molar refractivity (Wildman–Crippen MR) is 95.1 cm³/mol. The molecule has 0 heterocycles. The summed E-state index contributed by atoms with van der Waals surface area (Å²) in [6.07, 6.45) is 0.622. The van der Waals surface area contributed by atoms with Crippen LogP contribution in [0.1, 0.15) is 27.2 Å². The standard InChI is InChI=1S/C20H25NO3/c1-15(2)13-19(20(22)23-3)21-14-16-9-11-18(12-10-16)24-17-7-5-4-6-8-17/h4-12,15,19,21H,13-14H2,1-3H3/t19-/m0/s1/i14D/t14?,19-. The zero-order chi connectivity index (χ0) is 18.2. The summed E-state index contributed by atoms with van der Waals surface area (Å²) < 4.78 is 18.9. The van der Waals surface area contributed by atoms with Gasteiger partial charge in [-0.15, -0.1) is 0 Å². The summed E-state index contributed by atoms with van der Waals surface area (Å²) in [5, 5.41) is 3.04. The number of hydrogen-bond acceptors (Lipinski definition) is 4. The second-order valence-corrected chi connectivity index (χ2v) is 6.00. The quantitative estimate of drug-likeness (QED) is 0.739. The highest BCUT2D eigenvalue weighted by atomic mass is 16.5. The fourth-order valence-electron chi connectivity index (χ4n) is 2.30. The molecule has 24 heavy (non-hydrogen) atoms. The van der Waals surface area contributed by atoms with Crippen molar-refractivity contribution in [2.75, 3.05) is 7.11 Å². The maximum atomic E-state index is 11.9. The summed E-state index contributed by atoms with van der Waals surface area (Å²) in [6, 6.07) is 16.3. The van der Waals surface area contributed by atoms with E-state index in [4.69, 9.17) is 10.8 Å². The van der Waals surface area contributed by atoms with E-state index in [1.54, 1.807) is 0 Å². The van der Waals surface area contributed by atoms with Crippen molar-refractivity contribution >= 4 is 5.97 Å². The van der Waals surface area contributed by atoms with Gasteiger partial charge in [0.15, 0.2) is 0 Å². The second-order valence-electron chi connectivity index (χ2n) is 6.00. The van der Waals surface area contributed by atoms with Crippen molar-refractivity contribution < 1.29 is 15.6 Å². The van der Waals surface area contributed by atoms with Crippen molar-refractivity contribution in [2.24, 2.45) is 5.92 Å². The Hall–Kier alpha value is -2.33. The number of carbonyl (C=O) groups is 1. The Morgan fingerprint density at radius 2 is 1.71 bits per heavy atom. The van der Waals surface area contributed by atoms with Crippen LogP contribution < -0.4 is 10.1 Å². The number of methoxy groups -OCH3 is 1. The van der Waals surface area contributed by atoms with E-state index >= 15 is 0 Å². The first-order chi connectivity index (χ1) is 12.0. The minimum absolute atomic E-state index is 0.324. The summed E-state index contributed by atoms with van der Waals surface area (Å²) >= 11 is 0. The lowest BCUT2D eigenvalue weighted by atomic mass is 10.0. The smallest absolute Gasteiger partial charge is 0.322 e. The molecule has 0 aromatic heterocycles. The number of hydrogen-bond donors (Lipinski definition) is 1. The number of para-hydroxylation sites is 1. The molecule has 0 spiro atoms. The Labute approximate surface area is 145 Å². The molecule has 0 amide bonds. The van der Waals surface area contributed by atoms with Gasteiger partial charge in [0.05, 0.1) is 7.11 Å². The molecule has 2 atom stereocenters. The van der Waals surface area contributed by atoms with E-state index in [2.05, 4.69) is 5.32 Å². The molecular weight excluding hydrogens is 302 g/mol. The summed E-state index contributed by atoms with van der Waals surface area (Å²) in [5.74, 6) is 1.45. The van der Waals surface area contributed by atoms with Crippen molar-refractivity contribution in [2.45, 2.75) is 32.8 Å². The molecule has 0 fully saturated rings. The Bertz CT molecular complexity index is 658. The van der Waals surface area contributed by atoms with Crippen LogP contribution in [0.3, 0.4) is 0 Å². The van der Waals surface area contributed by atoms with Crippen LogP contribution in [-0.2, 0) is 16.1 Å². The van der Waals surface area contributed by atoms with Gasteiger partial charge in [0.1, 0.15) is 17.5 Å². The molecule has 0 radical (unpaired) electrons. The fraction of sp³-hybridized carbons (Fsp3) is 0.350. The van der Waals surface area contributed by atoms with Gasteiger partial charge in [-0.1, -0.05) is 44.2 Å². The second kappa shape index (κ2) is 9.08. The van der Waals surface area contributed by atoms with Crippen molar-refractivity contribution in [1.82, 2.24) is 5.32 Å². The third kappa shape index (κ3) is 5.70. The molecule has 2 rings (SSSR count). The number of benzene rings is 2. The van der Waals surface area contributed by atoms with Crippen molar-refractivity contribution in [3.8, 4) is 11.5 Å². The van der Waals surface area contributed by atoms with E-state index < -0.39 is 12.6 Å². The molecule has 1 N–H and O–H groups in total. The lowest BCUT2D eigenvalue weighted by Gasteiger charge is -2.18. The Morgan fingerprint density at radius 1 is 1.08 bits per heavy atom. The van der Waals surface area contributed by atoms with Crippen LogP contribution >= 0.6 is 0 Å². The maximum absolute atomic E-state index is 11.9. The molecule has 128 valence electrons. The average Bonchev–Trinajstić information content (AvgIpc) is 2.61. The molecule has 0 aliphatic heterocycles. The van der Waals surface area contributed by atoms with E-state index in [1.807, 2.05) is 68.4 Å². The van der Waals surface area contributed by atoms with Crippen LogP contribution in [0.15, 0.2) is 54.6 Å². The van der Waals surface area contributed by atoms with E-state index in [1.165, 1.54) is 7.11 Å². The van der Waals surface area contributed by atoms with Gasteiger partial charge in [0.2, 0.25) is 0 Å². The molecule has 4 nitrogen and oxygen atoms in total. The molecule has 0 saturated heterocycles. The van der Waals surface area contributed by atoms with E-state index in [0.717, 1.165) is 11.3 Å². The highest BCUT2D eigenvalue weighted by molar-refractivity contribution is 5.75. The first kappa shape index (κ1) is 16.5.